The monoisotopic (exact) mass is 549 g/mol. The van der Waals surface area contributed by atoms with E-state index in [0.29, 0.717) is 36.8 Å². The Morgan fingerprint density at radius 3 is 1.87 bits per heavy atom. The number of hydrogen-bond acceptors (Lipinski definition) is 2. The number of alkyl halides is 3. The van der Waals surface area contributed by atoms with E-state index >= 15 is 0 Å². The van der Waals surface area contributed by atoms with Crippen molar-refractivity contribution in [2.75, 3.05) is 0 Å². The van der Waals surface area contributed by atoms with E-state index in [1.165, 1.54) is 25.7 Å². The van der Waals surface area contributed by atoms with Gasteiger partial charge in [-0.2, -0.15) is 0 Å². The fourth-order valence-electron chi connectivity index (χ4n) is 6.17. The smallest absolute Gasteiger partial charge is 0.454 e. The van der Waals surface area contributed by atoms with Gasteiger partial charge in [0.25, 0.3) is 0 Å². The molecule has 2 nitrogen and oxygen atoms in total. The number of halogens is 8. The van der Waals surface area contributed by atoms with Crippen molar-refractivity contribution in [3.8, 4) is 17.2 Å². The van der Waals surface area contributed by atoms with Crippen LogP contribution >= 0.6 is 0 Å². The molecule has 0 bridgehead atoms. The highest BCUT2D eigenvalue weighted by atomic mass is 19.4. The van der Waals surface area contributed by atoms with E-state index in [9.17, 15) is 35.1 Å². The summed E-state index contributed by atoms with van der Waals surface area (Å²) < 4.78 is 118. The first-order chi connectivity index (χ1) is 18.0. The first-order valence-corrected chi connectivity index (χ1v) is 13.0. The lowest BCUT2D eigenvalue weighted by Crippen LogP contribution is -2.26. The third kappa shape index (κ3) is 6.54. The molecular formula is C28H29F8O2. The highest BCUT2D eigenvalue weighted by Crippen LogP contribution is 2.48. The summed E-state index contributed by atoms with van der Waals surface area (Å²) in [7, 11) is 0. The van der Waals surface area contributed by atoms with Crippen LogP contribution in [0.3, 0.4) is 0 Å². The van der Waals surface area contributed by atoms with Gasteiger partial charge in [0, 0.05) is 17.7 Å². The van der Waals surface area contributed by atoms with E-state index in [-0.39, 0.29) is 0 Å². The lowest BCUT2D eigenvalue weighted by Gasteiger charge is -2.38. The summed E-state index contributed by atoms with van der Waals surface area (Å²) in [5.41, 5.74) is -0.403. The molecule has 2 aromatic carbocycles. The van der Waals surface area contributed by atoms with Crippen molar-refractivity contribution >= 4 is 0 Å². The molecule has 1 radical (unpaired) electrons. The number of benzene rings is 2. The standard InChI is InChI=1S/C28H29F8O2/c1-2-3-15-4-6-16(7-5-15)17-8-10-18(11-9-17)24-25(33)20(29)14-23(32)27(24)37-19-12-21(30)26(22(31)13-19)38-28(34,35)36/h12-13,15-18H,2-11H2,1H3/t15-,16-,17-,18-. The van der Waals surface area contributed by atoms with Crippen LogP contribution in [0.5, 0.6) is 17.2 Å². The molecule has 0 heterocycles. The number of rotatable bonds is 7. The van der Waals surface area contributed by atoms with Gasteiger partial charge in [0.1, 0.15) is 5.75 Å². The van der Waals surface area contributed by atoms with E-state index < -0.39 is 64.2 Å². The Bertz CT molecular complexity index is 1090. The van der Waals surface area contributed by atoms with Crippen molar-refractivity contribution in [2.24, 2.45) is 17.8 Å². The molecule has 0 amide bonds. The summed E-state index contributed by atoms with van der Waals surface area (Å²) in [5.74, 6) is -9.98. The summed E-state index contributed by atoms with van der Waals surface area (Å²) in [5, 5.41) is 0. The molecule has 2 saturated carbocycles. The van der Waals surface area contributed by atoms with Gasteiger partial charge in [-0.05, 0) is 62.2 Å². The van der Waals surface area contributed by atoms with Gasteiger partial charge >= 0.3 is 6.36 Å². The Labute approximate surface area is 216 Å². The molecule has 0 atom stereocenters. The maximum Gasteiger partial charge on any atom is 0.573 e. The third-order valence-electron chi connectivity index (χ3n) is 7.94. The minimum atomic E-state index is -5.36. The van der Waals surface area contributed by atoms with Crippen LogP contribution in [-0.2, 0) is 0 Å². The Morgan fingerprint density at radius 1 is 0.789 bits per heavy atom. The topological polar surface area (TPSA) is 18.5 Å². The average molecular weight is 550 g/mol. The zero-order valence-corrected chi connectivity index (χ0v) is 20.9. The van der Waals surface area contributed by atoms with E-state index in [2.05, 4.69) is 11.7 Å². The molecule has 0 unspecified atom stereocenters. The molecule has 10 heteroatoms. The molecule has 0 aromatic heterocycles. The van der Waals surface area contributed by atoms with Gasteiger partial charge in [-0.1, -0.05) is 32.6 Å². The van der Waals surface area contributed by atoms with Gasteiger partial charge in [0.05, 0.1) is 6.07 Å². The second kappa shape index (κ2) is 11.7. The maximum absolute atomic E-state index is 15.0. The molecule has 2 fully saturated rings. The van der Waals surface area contributed by atoms with Crippen LogP contribution in [0.15, 0.2) is 12.1 Å². The summed E-state index contributed by atoms with van der Waals surface area (Å²) in [6.45, 7) is 2.18. The van der Waals surface area contributed by atoms with Gasteiger partial charge in [-0.3, -0.25) is 0 Å². The van der Waals surface area contributed by atoms with Gasteiger partial charge in [-0.15, -0.1) is 13.2 Å². The van der Waals surface area contributed by atoms with Crippen LogP contribution in [-0.4, -0.2) is 6.36 Å². The molecule has 0 saturated heterocycles. The lowest BCUT2D eigenvalue weighted by atomic mass is 9.68. The Hall–Kier alpha value is -2.52. The van der Waals surface area contributed by atoms with E-state index in [1.807, 2.05) is 0 Å². The normalized spacial score (nSPS) is 24.3. The van der Waals surface area contributed by atoms with Gasteiger partial charge in [0.2, 0.25) is 5.75 Å². The fraction of sp³-hybridized carbons (Fsp3) is 0.571. The van der Waals surface area contributed by atoms with Crippen molar-refractivity contribution in [1.29, 1.82) is 0 Å². The fourth-order valence-corrected chi connectivity index (χ4v) is 6.17. The lowest BCUT2D eigenvalue weighted by molar-refractivity contribution is -0.276. The Morgan fingerprint density at radius 2 is 1.34 bits per heavy atom. The van der Waals surface area contributed by atoms with E-state index in [0.717, 1.165) is 31.6 Å². The molecule has 209 valence electrons. The SMILES string of the molecule is CCC[C@H]1CC[C@H]([C@H]2CC[C@H](c3c(F)c(F)[c]c(F)c3Oc3cc(F)c(OC(F)(F)F)c(F)c3)CC2)CC1. The minimum Gasteiger partial charge on any atom is -0.454 e. The van der Waals surface area contributed by atoms with Crippen molar-refractivity contribution in [3.05, 3.63) is 52.8 Å². The van der Waals surface area contributed by atoms with Gasteiger partial charge in [-0.25, -0.2) is 22.0 Å². The predicted octanol–water partition coefficient (Wildman–Crippen LogP) is 9.75. The molecule has 38 heavy (non-hydrogen) atoms. The quantitative estimate of drug-likeness (QED) is 0.253. The van der Waals surface area contributed by atoms with Crippen LogP contribution in [0.2, 0.25) is 0 Å². The zero-order valence-electron chi connectivity index (χ0n) is 20.9. The second-order valence-electron chi connectivity index (χ2n) is 10.4. The van der Waals surface area contributed by atoms with Crippen LogP contribution < -0.4 is 9.47 Å². The minimum absolute atomic E-state index is 0.348. The average Bonchev–Trinajstić information content (AvgIpc) is 2.85. The van der Waals surface area contributed by atoms with Gasteiger partial charge < -0.3 is 9.47 Å². The molecule has 0 N–H and O–H groups in total. The number of hydrogen-bond donors (Lipinski definition) is 0. The van der Waals surface area contributed by atoms with Gasteiger partial charge in [0.15, 0.2) is 34.8 Å². The Balaban J connectivity index is 1.52. The van der Waals surface area contributed by atoms with Crippen LogP contribution in [0, 0.1) is 52.9 Å². The molecule has 2 aliphatic rings. The van der Waals surface area contributed by atoms with Crippen LogP contribution in [0.25, 0.3) is 0 Å². The van der Waals surface area contributed by atoms with E-state index in [4.69, 9.17) is 4.74 Å². The second-order valence-corrected chi connectivity index (χ2v) is 10.4. The number of ether oxygens (including phenoxy) is 2. The third-order valence-corrected chi connectivity index (χ3v) is 7.94. The van der Waals surface area contributed by atoms with Crippen LogP contribution in [0.4, 0.5) is 35.1 Å². The van der Waals surface area contributed by atoms with Crippen molar-refractivity contribution in [3.63, 3.8) is 0 Å². The molecule has 2 aromatic rings. The summed E-state index contributed by atoms with van der Waals surface area (Å²) in [4.78, 5) is 0. The molecule has 4 rings (SSSR count). The highest BCUT2D eigenvalue weighted by Gasteiger charge is 2.36. The largest absolute Gasteiger partial charge is 0.573 e. The maximum atomic E-state index is 15.0. The molecular weight excluding hydrogens is 520 g/mol. The molecule has 2 aliphatic carbocycles. The van der Waals surface area contributed by atoms with Crippen molar-refractivity contribution in [2.45, 2.75) is 83.4 Å². The summed E-state index contributed by atoms with van der Waals surface area (Å²) >= 11 is 0. The summed E-state index contributed by atoms with van der Waals surface area (Å²) in [6, 6.07) is 2.25. The highest BCUT2D eigenvalue weighted by molar-refractivity contribution is 5.44. The summed E-state index contributed by atoms with van der Waals surface area (Å²) in [6.07, 6.45) is 4.06. The molecule has 0 spiro atoms. The van der Waals surface area contributed by atoms with Crippen molar-refractivity contribution < 1.29 is 44.6 Å². The molecule has 0 aliphatic heterocycles. The Kier molecular flexibility index (Phi) is 8.77. The zero-order chi connectivity index (χ0) is 27.6. The van der Waals surface area contributed by atoms with E-state index in [1.54, 1.807) is 6.07 Å². The first-order valence-electron chi connectivity index (χ1n) is 13.0. The van der Waals surface area contributed by atoms with Crippen molar-refractivity contribution in [1.82, 2.24) is 0 Å². The predicted molar refractivity (Wildman–Crippen MR) is 123 cm³/mol. The first kappa shape index (κ1) is 28.5. The van der Waals surface area contributed by atoms with Crippen LogP contribution in [0.1, 0.15) is 82.6 Å².